The van der Waals surface area contributed by atoms with Gasteiger partial charge in [-0.15, -0.1) is 0 Å². The van der Waals surface area contributed by atoms with Gasteiger partial charge in [-0.1, -0.05) is 29.8 Å². The molecule has 1 N–H and O–H groups in total. The standard InChI is InChI=1S/C24H24FN3O2S/c1-15-6-5-7-19(12-15)14-28-18(4)26-24-22(28)13-16(2)17(3)23(24)27-31(29,30)21-10-8-20(25)9-11-21/h5-13,27H,14H2,1-4H3. The summed E-state index contributed by atoms with van der Waals surface area (Å²) in [5.41, 5.74) is 5.99. The number of aryl methyl sites for hydroxylation is 3. The van der Waals surface area contributed by atoms with E-state index in [0.717, 1.165) is 40.2 Å². The molecule has 0 unspecified atom stereocenters. The highest BCUT2D eigenvalue weighted by atomic mass is 32.2. The van der Waals surface area contributed by atoms with E-state index in [0.29, 0.717) is 17.7 Å². The van der Waals surface area contributed by atoms with E-state index in [2.05, 4.69) is 34.4 Å². The summed E-state index contributed by atoms with van der Waals surface area (Å²) in [7, 11) is -3.89. The Hall–Kier alpha value is -3.19. The number of nitrogens with zero attached hydrogens (tertiary/aromatic N) is 2. The monoisotopic (exact) mass is 437 g/mol. The van der Waals surface area contributed by atoms with Gasteiger partial charge in [0.25, 0.3) is 10.0 Å². The summed E-state index contributed by atoms with van der Waals surface area (Å²) in [5.74, 6) is 0.308. The number of aromatic nitrogens is 2. The Labute approximate surface area is 181 Å². The molecule has 1 aromatic heterocycles. The molecule has 0 aliphatic heterocycles. The molecule has 0 radical (unpaired) electrons. The minimum atomic E-state index is -3.89. The van der Waals surface area contributed by atoms with Crippen LogP contribution in [0.1, 0.15) is 28.1 Å². The third-order valence-electron chi connectivity index (χ3n) is 5.54. The Morgan fingerprint density at radius 1 is 1.00 bits per heavy atom. The molecular weight excluding hydrogens is 413 g/mol. The van der Waals surface area contributed by atoms with Gasteiger partial charge in [-0.25, -0.2) is 17.8 Å². The van der Waals surface area contributed by atoms with E-state index in [1.807, 2.05) is 32.9 Å². The molecule has 0 amide bonds. The molecule has 7 heteroatoms. The third-order valence-corrected chi connectivity index (χ3v) is 6.90. The summed E-state index contributed by atoms with van der Waals surface area (Å²) < 4.78 is 44.0. The van der Waals surface area contributed by atoms with E-state index >= 15 is 0 Å². The fourth-order valence-corrected chi connectivity index (χ4v) is 4.86. The Balaban J connectivity index is 1.82. The van der Waals surface area contributed by atoms with Gasteiger partial charge in [0.2, 0.25) is 0 Å². The van der Waals surface area contributed by atoms with Crippen molar-refractivity contribution in [1.29, 1.82) is 0 Å². The normalized spacial score (nSPS) is 11.8. The average molecular weight is 438 g/mol. The minimum absolute atomic E-state index is 0.00104. The van der Waals surface area contributed by atoms with Gasteiger partial charge in [0.1, 0.15) is 17.2 Å². The first-order chi connectivity index (χ1) is 14.7. The first-order valence-electron chi connectivity index (χ1n) is 9.96. The van der Waals surface area contributed by atoms with Gasteiger partial charge >= 0.3 is 0 Å². The van der Waals surface area contributed by atoms with Crippen LogP contribution in [0.5, 0.6) is 0 Å². The number of hydrogen-bond acceptors (Lipinski definition) is 3. The molecule has 4 rings (SSSR count). The summed E-state index contributed by atoms with van der Waals surface area (Å²) in [6, 6.07) is 15.1. The molecule has 0 bridgehead atoms. The van der Waals surface area contributed by atoms with Crippen LogP contribution >= 0.6 is 0 Å². The zero-order valence-electron chi connectivity index (χ0n) is 17.9. The van der Waals surface area contributed by atoms with Gasteiger partial charge in [0, 0.05) is 6.54 Å². The maximum atomic E-state index is 13.3. The highest BCUT2D eigenvalue weighted by molar-refractivity contribution is 7.92. The van der Waals surface area contributed by atoms with Gasteiger partial charge in [-0.2, -0.15) is 0 Å². The van der Waals surface area contributed by atoms with Gasteiger partial charge in [-0.3, -0.25) is 4.72 Å². The molecule has 0 aliphatic carbocycles. The number of rotatable bonds is 5. The molecule has 3 aromatic carbocycles. The molecule has 31 heavy (non-hydrogen) atoms. The number of fused-ring (bicyclic) bond motifs is 1. The molecule has 0 aliphatic rings. The Morgan fingerprint density at radius 3 is 2.39 bits per heavy atom. The Morgan fingerprint density at radius 2 is 1.71 bits per heavy atom. The molecule has 1 heterocycles. The van der Waals surface area contributed by atoms with Gasteiger partial charge in [-0.05, 0) is 74.7 Å². The molecule has 0 fully saturated rings. The van der Waals surface area contributed by atoms with E-state index in [1.165, 1.54) is 17.7 Å². The first kappa shape index (κ1) is 21.1. The van der Waals surface area contributed by atoms with Crippen LogP contribution in [0.15, 0.2) is 59.5 Å². The van der Waals surface area contributed by atoms with Crippen LogP contribution in [-0.4, -0.2) is 18.0 Å². The van der Waals surface area contributed by atoms with Crippen molar-refractivity contribution >= 4 is 26.7 Å². The van der Waals surface area contributed by atoms with E-state index in [9.17, 15) is 12.8 Å². The van der Waals surface area contributed by atoms with Crippen LogP contribution in [-0.2, 0) is 16.6 Å². The Kier molecular flexibility index (Phi) is 5.31. The zero-order valence-corrected chi connectivity index (χ0v) is 18.7. The number of nitrogens with one attached hydrogen (secondary N) is 1. The molecule has 0 atom stereocenters. The lowest BCUT2D eigenvalue weighted by atomic mass is 10.1. The maximum absolute atomic E-state index is 13.3. The van der Waals surface area contributed by atoms with Crippen molar-refractivity contribution in [2.24, 2.45) is 0 Å². The topological polar surface area (TPSA) is 64.0 Å². The minimum Gasteiger partial charge on any atom is -0.324 e. The maximum Gasteiger partial charge on any atom is 0.261 e. The van der Waals surface area contributed by atoms with Crippen molar-refractivity contribution in [3.8, 4) is 0 Å². The van der Waals surface area contributed by atoms with Gasteiger partial charge in [0.05, 0.1) is 16.1 Å². The third kappa shape index (κ3) is 4.05. The number of sulfonamides is 1. The van der Waals surface area contributed by atoms with Crippen molar-refractivity contribution in [2.45, 2.75) is 39.1 Å². The smallest absolute Gasteiger partial charge is 0.261 e. The number of imidazole rings is 1. The predicted molar refractivity (Wildman–Crippen MR) is 121 cm³/mol. The summed E-state index contributed by atoms with van der Waals surface area (Å²) in [6.45, 7) is 8.42. The molecule has 0 saturated carbocycles. The highest BCUT2D eigenvalue weighted by Crippen LogP contribution is 2.32. The second-order valence-corrected chi connectivity index (χ2v) is 9.54. The molecular formula is C24H24FN3O2S. The van der Waals surface area contributed by atoms with Crippen LogP contribution in [0.2, 0.25) is 0 Å². The van der Waals surface area contributed by atoms with Crippen LogP contribution in [0.3, 0.4) is 0 Å². The second-order valence-electron chi connectivity index (χ2n) is 7.85. The number of hydrogen-bond donors (Lipinski definition) is 1. The van der Waals surface area contributed by atoms with Crippen molar-refractivity contribution in [1.82, 2.24) is 9.55 Å². The summed E-state index contributed by atoms with van der Waals surface area (Å²) in [6.07, 6.45) is 0. The second kappa shape index (κ2) is 7.81. The van der Waals surface area contributed by atoms with Crippen molar-refractivity contribution in [3.05, 3.63) is 88.5 Å². The van der Waals surface area contributed by atoms with E-state index < -0.39 is 15.8 Å². The summed E-state index contributed by atoms with van der Waals surface area (Å²) in [5, 5.41) is 0. The predicted octanol–water partition coefficient (Wildman–Crippen LogP) is 5.26. The average Bonchev–Trinajstić information content (AvgIpc) is 3.01. The van der Waals surface area contributed by atoms with Gasteiger partial charge in [0.15, 0.2) is 0 Å². The fourth-order valence-electron chi connectivity index (χ4n) is 3.72. The highest BCUT2D eigenvalue weighted by Gasteiger charge is 2.21. The molecule has 4 aromatic rings. The van der Waals surface area contributed by atoms with Crippen molar-refractivity contribution in [3.63, 3.8) is 0 Å². The van der Waals surface area contributed by atoms with Crippen LogP contribution in [0.4, 0.5) is 10.1 Å². The SMILES string of the molecule is Cc1cccc(Cn2c(C)nc3c(NS(=O)(=O)c4ccc(F)cc4)c(C)c(C)cc32)c1. The number of benzene rings is 3. The first-order valence-corrected chi connectivity index (χ1v) is 11.4. The van der Waals surface area contributed by atoms with Gasteiger partial charge < -0.3 is 4.57 Å². The van der Waals surface area contributed by atoms with Crippen molar-refractivity contribution in [2.75, 3.05) is 4.72 Å². The molecule has 5 nitrogen and oxygen atoms in total. The largest absolute Gasteiger partial charge is 0.324 e. The van der Waals surface area contributed by atoms with E-state index in [-0.39, 0.29) is 4.90 Å². The van der Waals surface area contributed by atoms with Crippen LogP contribution in [0, 0.1) is 33.5 Å². The quantitative estimate of drug-likeness (QED) is 0.463. The van der Waals surface area contributed by atoms with Crippen LogP contribution in [0.25, 0.3) is 11.0 Å². The van der Waals surface area contributed by atoms with E-state index in [4.69, 9.17) is 4.98 Å². The molecule has 0 spiro atoms. The molecule has 0 saturated heterocycles. The van der Waals surface area contributed by atoms with Crippen LogP contribution < -0.4 is 4.72 Å². The lowest BCUT2D eigenvalue weighted by Crippen LogP contribution is -2.14. The van der Waals surface area contributed by atoms with Crippen molar-refractivity contribution < 1.29 is 12.8 Å². The summed E-state index contributed by atoms with van der Waals surface area (Å²) in [4.78, 5) is 4.70. The van der Waals surface area contributed by atoms with E-state index in [1.54, 1.807) is 0 Å². The lowest BCUT2D eigenvalue weighted by Gasteiger charge is -2.14. The zero-order chi connectivity index (χ0) is 22.3. The Bertz CT molecular complexity index is 1390. The number of anilines is 1. The lowest BCUT2D eigenvalue weighted by molar-refractivity contribution is 0.599. The number of halogens is 1. The fraction of sp³-hybridized carbons (Fsp3) is 0.208. The molecule has 160 valence electrons. The summed E-state index contributed by atoms with van der Waals surface area (Å²) >= 11 is 0.